The summed E-state index contributed by atoms with van der Waals surface area (Å²) in [4.78, 5) is 12.5. The lowest BCUT2D eigenvalue weighted by Crippen LogP contribution is -2.55. The largest absolute Gasteiger partial charge is 0.368 e. The Balaban J connectivity index is 2.44. The summed E-state index contributed by atoms with van der Waals surface area (Å²) < 4.78 is 25.9. The van der Waals surface area contributed by atoms with Gasteiger partial charge in [0, 0.05) is 17.4 Å². The van der Waals surface area contributed by atoms with Crippen molar-refractivity contribution in [2.24, 2.45) is 10.5 Å². The molecular formula is C15H18F2N2O2. The van der Waals surface area contributed by atoms with Crippen LogP contribution in [0.1, 0.15) is 37.6 Å². The fourth-order valence-electron chi connectivity index (χ4n) is 2.19. The zero-order valence-corrected chi connectivity index (χ0v) is 12.2. The molecule has 0 saturated carbocycles. The van der Waals surface area contributed by atoms with Crippen LogP contribution in [0, 0.1) is 5.41 Å². The van der Waals surface area contributed by atoms with Crippen LogP contribution in [-0.2, 0) is 0 Å². The average molecular weight is 296 g/mol. The molecular weight excluding hydrogens is 278 g/mol. The molecule has 6 heteroatoms. The average Bonchev–Trinajstić information content (AvgIpc) is 2.78. The molecule has 0 unspecified atom stereocenters. The molecule has 1 N–H and O–H groups in total. The van der Waals surface area contributed by atoms with Crippen molar-refractivity contribution in [2.75, 3.05) is 0 Å². The molecule has 0 fully saturated rings. The van der Waals surface area contributed by atoms with Crippen LogP contribution in [0.4, 0.5) is 8.78 Å². The summed E-state index contributed by atoms with van der Waals surface area (Å²) in [6.45, 7) is 5.05. The molecule has 1 atom stereocenters. The minimum Gasteiger partial charge on any atom is -0.368 e. The number of hydrogen-bond acceptors (Lipinski definition) is 3. The minimum atomic E-state index is -2.80. The fourth-order valence-corrected chi connectivity index (χ4v) is 2.19. The molecule has 1 amide bonds. The molecule has 1 aromatic carbocycles. The van der Waals surface area contributed by atoms with Gasteiger partial charge in [-0.3, -0.25) is 4.79 Å². The number of carbonyl (C=O) groups excluding carboxylic acids is 1. The van der Waals surface area contributed by atoms with E-state index < -0.39 is 29.2 Å². The van der Waals surface area contributed by atoms with E-state index in [0.29, 0.717) is 5.56 Å². The topological polar surface area (TPSA) is 52.9 Å². The van der Waals surface area contributed by atoms with Crippen molar-refractivity contribution in [2.45, 2.75) is 39.3 Å². The van der Waals surface area contributed by atoms with Crippen LogP contribution in [0.15, 0.2) is 35.4 Å². The standard InChI is InChI=1S/C15H18F2N2O2/c1-14(2,3)15(21)9-11(12(16)17)18-19(15)13(20)10-7-5-4-6-8-10/h4-8,12,21H,9H2,1-3H3/t15-/m0/s1. The molecule has 1 aliphatic rings. The highest BCUT2D eigenvalue weighted by Crippen LogP contribution is 2.42. The Kier molecular flexibility index (Phi) is 3.84. The van der Waals surface area contributed by atoms with Gasteiger partial charge < -0.3 is 5.11 Å². The molecule has 0 aliphatic carbocycles. The maximum atomic E-state index is 12.9. The lowest BCUT2D eigenvalue weighted by atomic mass is 9.80. The number of hydrazone groups is 1. The van der Waals surface area contributed by atoms with Gasteiger partial charge in [0.25, 0.3) is 12.3 Å². The summed E-state index contributed by atoms with van der Waals surface area (Å²) in [7, 11) is 0. The van der Waals surface area contributed by atoms with Gasteiger partial charge in [-0.05, 0) is 12.1 Å². The quantitative estimate of drug-likeness (QED) is 0.912. The second kappa shape index (κ2) is 5.18. The van der Waals surface area contributed by atoms with Gasteiger partial charge in [-0.1, -0.05) is 39.0 Å². The molecule has 1 aliphatic heterocycles. The van der Waals surface area contributed by atoms with Crippen LogP contribution < -0.4 is 0 Å². The summed E-state index contributed by atoms with van der Waals surface area (Å²) in [6, 6.07) is 8.18. The van der Waals surface area contributed by atoms with Crippen molar-refractivity contribution >= 4 is 11.6 Å². The van der Waals surface area contributed by atoms with Crippen LogP contribution in [0.2, 0.25) is 0 Å². The van der Waals surface area contributed by atoms with Gasteiger partial charge in [0.05, 0.1) is 0 Å². The molecule has 21 heavy (non-hydrogen) atoms. The van der Waals surface area contributed by atoms with Crippen molar-refractivity contribution in [3.63, 3.8) is 0 Å². The van der Waals surface area contributed by atoms with Crippen molar-refractivity contribution < 1.29 is 18.7 Å². The number of alkyl halides is 2. The van der Waals surface area contributed by atoms with Gasteiger partial charge >= 0.3 is 0 Å². The highest BCUT2D eigenvalue weighted by molar-refractivity contribution is 5.99. The second-order valence-corrected chi connectivity index (χ2v) is 6.12. The molecule has 4 nitrogen and oxygen atoms in total. The Labute approximate surface area is 122 Å². The predicted octanol–water partition coefficient (Wildman–Crippen LogP) is 2.89. The molecule has 0 aromatic heterocycles. The minimum absolute atomic E-state index is 0.291. The number of benzene rings is 1. The number of nitrogens with zero attached hydrogens (tertiary/aromatic N) is 2. The summed E-state index contributed by atoms with van der Waals surface area (Å²) in [5, 5.41) is 15.3. The van der Waals surface area contributed by atoms with E-state index in [2.05, 4.69) is 5.10 Å². The van der Waals surface area contributed by atoms with Crippen LogP contribution >= 0.6 is 0 Å². The lowest BCUT2D eigenvalue weighted by molar-refractivity contribution is -0.143. The van der Waals surface area contributed by atoms with E-state index in [1.165, 1.54) is 0 Å². The Hall–Kier alpha value is -1.82. The van der Waals surface area contributed by atoms with Gasteiger partial charge in [-0.25, -0.2) is 8.78 Å². The maximum absolute atomic E-state index is 12.9. The monoisotopic (exact) mass is 296 g/mol. The zero-order valence-electron chi connectivity index (χ0n) is 12.2. The summed E-state index contributed by atoms with van der Waals surface area (Å²) in [6.07, 6.45) is -3.15. The smallest absolute Gasteiger partial charge is 0.278 e. The third kappa shape index (κ3) is 2.68. The predicted molar refractivity (Wildman–Crippen MR) is 75.1 cm³/mol. The Morgan fingerprint density at radius 2 is 1.90 bits per heavy atom. The highest BCUT2D eigenvalue weighted by Gasteiger charge is 2.53. The van der Waals surface area contributed by atoms with Crippen molar-refractivity contribution in [1.82, 2.24) is 5.01 Å². The number of amides is 1. The van der Waals surface area contributed by atoms with E-state index in [0.717, 1.165) is 5.01 Å². The summed E-state index contributed by atoms with van der Waals surface area (Å²) in [5.41, 5.74) is -2.78. The third-order valence-corrected chi connectivity index (χ3v) is 3.67. The van der Waals surface area contributed by atoms with Gasteiger partial charge in [-0.2, -0.15) is 10.1 Å². The maximum Gasteiger partial charge on any atom is 0.278 e. The zero-order chi connectivity index (χ0) is 15.8. The molecule has 1 aromatic rings. The van der Waals surface area contributed by atoms with E-state index in [4.69, 9.17) is 0 Å². The normalized spacial score (nSPS) is 22.6. The van der Waals surface area contributed by atoms with Gasteiger partial charge in [0.1, 0.15) is 5.71 Å². The first-order chi connectivity index (χ1) is 9.67. The van der Waals surface area contributed by atoms with Gasteiger partial charge in [0.15, 0.2) is 5.72 Å². The van der Waals surface area contributed by atoms with E-state index in [-0.39, 0.29) is 6.42 Å². The Morgan fingerprint density at radius 1 is 1.33 bits per heavy atom. The van der Waals surface area contributed by atoms with Crippen LogP contribution in [0.25, 0.3) is 0 Å². The van der Waals surface area contributed by atoms with Crippen LogP contribution in [0.3, 0.4) is 0 Å². The van der Waals surface area contributed by atoms with Crippen molar-refractivity contribution in [1.29, 1.82) is 0 Å². The second-order valence-electron chi connectivity index (χ2n) is 6.12. The molecule has 0 spiro atoms. The van der Waals surface area contributed by atoms with E-state index in [1.807, 2.05) is 0 Å². The first-order valence-electron chi connectivity index (χ1n) is 6.64. The molecule has 1 heterocycles. The Bertz CT molecular complexity index is 567. The molecule has 0 saturated heterocycles. The first kappa shape index (κ1) is 15.6. The van der Waals surface area contributed by atoms with Crippen molar-refractivity contribution in [3.05, 3.63) is 35.9 Å². The van der Waals surface area contributed by atoms with Gasteiger partial charge in [0.2, 0.25) is 0 Å². The summed E-state index contributed by atoms with van der Waals surface area (Å²) in [5.74, 6) is -0.594. The third-order valence-electron chi connectivity index (χ3n) is 3.67. The number of carbonyl (C=O) groups is 1. The molecule has 0 bridgehead atoms. The summed E-state index contributed by atoms with van der Waals surface area (Å²) >= 11 is 0. The first-order valence-corrected chi connectivity index (χ1v) is 6.64. The van der Waals surface area contributed by atoms with E-state index >= 15 is 0 Å². The fraction of sp³-hybridized carbons (Fsp3) is 0.467. The number of halogens is 2. The lowest BCUT2D eigenvalue weighted by Gasteiger charge is -2.41. The van der Waals surface area contributed by atoms with Gasteiger partial charge in [-0.15, -0.1) is 0 Å². The molecule has 114 valence electrons. The number of rotatable bonds is 2. The molecule has 0 radical (unpaired) electrons. The van der Waals surface area contributed by atoms with Crippen LogP contribution in [-0.4, -0.2) is 33.9 Å². The SMILES string of the molecule is CC(C)(C)[C@@]1(O)CC(C(F)F)=NN1C(=O)c1ccccc1. The Morgan fingerprint density at radius 3 is 2.38 bits per heavy atom. The number of hydrogen-bond donors (Lipinski definition) is 1. The van der Waals surface area contributed by atoms with Crippen LogP contribution in [0.5, 0.6) is 0 Å². The highest BCUT2D eigenvalue weighted by atomic mass is 19.3. The molecule has 2 rings (SSSR count). The van der Waals surface area contributed by atoms with E-state index in [1.54, 1.807) is 51.1 Å². The van der Waals surface area contributed by atoms with Crippen molar-refractivity contribution in [3.8, 4) is 0 Å². The van der Waals surface area contributed by atoms with E-state index in [9.17, 15) is 18.7 Å². The number of aliphatic hydroxyl groups is 1.